The van der Waals surface area contributed by atoms with Crippen molar-refractivity contribution in [1.82, 2.24) is 5.32 Å². The molecule has 1 atom stereocenters. The largest absolute Gasteiger partial charge is 0.484 e. The van der Waals surface area contributed by atoms with E-state index in [4.69, 9.17) is 5.73 Å². The lowest BCUT2D eigenvalue weighted by Gasteiger charge is -2.25. The highest BCUT2D eigenvalue weighted by Gasteiger charge is 2.37. The fourth-order valence-electron chi connectivity index (χ4n) is 2.67. The summed E-state index contributed by atoms with van der Waals surface area (Å²) in [5.74, 6) is -0.0458. The SMILES string of the molecule is CC(NC(=O)C1(N)CCCC1)c1ccc(OCC(F)(F)F)cc1. The molecule has 0 radical (unpaired) electrons. The van der Waals surface area contributed by atoms with Gasteiger partial charge in [0.1, 0.15) is 5.75 Å². The van der Waals surface area contributed by atoms with Crippen LogP contribution in [-0.2, 0) is 4.79 Å². The van der Waals surface area contributed by atoms with Crippen LogP contribution in [0.2, 0.25) is 0 Å². The zero-order valence-electron chi connectivity index (χ0n) is 13.0. The molecule has 0 bridgehead atoms. The lowest BCUT2D eigenvalue weighted by molar-refractivity contribution is -0.153. The number of amides is 1. The van der Waals surface area contributed by atoms with Crippen LogP contribution in [-0.4, -0.2) is 24.2 Å². The average Bonchev–Trinajstić information content (AvgIpc) is 2.93. The van der Waals surface area contributed by atoms with E-state index in [2.05, 4.69) is 10.1 Å². The number of alkyl halides is 3. The standard InChI is InChI=1S/C16H21F3N2O2/c1-11(21-14(22)15(20)8-2-3-9-15)12-4-6-13(7-5-12)23-10-16(17,18)19/h4-7,11H,2-3,8-10,20H2,1H3,(H,21,22). The van der Waals surface area contributed by atoms with E-state index in [-0.39, 0.29) is 17.7 Å². The van der Waals surface area contributed by atoms with Gasteiger partial charge in [-0.2, -0.15) is 13.2 Å². The van der Waals surface area contributed by atoms with E-state index in [0.29, 0.717) is 12.8 Å². The Labute approximate surface area is 133 Å². The molecule has 1 unspecified atom stereocenters. The Morgan fingerprint density at radius 1 is 1.30 bits per heavy atom. The summed E-state index contributed by atoms with van der Waals surface area (Å²) >= 11 is 0. The molecule has 3 N–H and O–H groups in total. The van der Waals surface area contributed by atoms with E-state index >= 15 is 0 Å². The molecular weight excluding hydrogens is 309 g/mol. The summed E-state index contributed by atoms with van der Waals surface area (Å²) < 4.78 is 40.9. The van der Waals surface area contributed by atoms with Crippen molar-refractivity contribution in [3.63, 3.8) is 0 Å². The zero-order valence-corrected chi connectivity index (χ0v) is 13.0. The molecule has 4 nitrogen and oxygen atoms in total. The van der Waals surface area contributed by atoms with Gasteiger partial charge in [-0.25, -0.2) is 0 Å². The van der Waals surface area contributed by atoms with Crippen molar-refractivity contribution in [3.05, 3.63) is 29.8 Å². The highest BCUT2D eigenvalue weighted by Crippen LogP contribution is 2.28. The number of halogens is 3. The Morgan fingerprint density at radius 2 is 1.87 bits per heavy atom. The van der Waals surface area contributed by atoms with Crippen molar-refractivity contribution in [1.29, 1.82) is 0 Å². The van der Waals surface area contributed by atoms with E-state index in [0.717, 1.165) is 18.4 Å². The molecule has 1 aromatic carbocycles. The Kier molecular flexibility index (Phi) is 5.19. The minimum absolute atomic E-state index is 0.135. The van der Waals surface area contributed by atoms with Gasteiger partial charge in [-0.3, -0.25) is 4.79 Å². The molecule has 1 fully saturated rings. The van der Waals surface area contributed by atoms with Crippen LogP contribution >= 0.6 is 0 Å². The third-order valence-corrected chi connectivity index (χ3v) is 4.08. The Balaban J connectivity index is 1.92. The second kappa shape index (κ2) is 6.78. The van der Waals surface area contributed by atoms with Gasteiger partial charge in [-0.05, 0) is 37.5 Å². The van der Waals surface area contributed by atoms with Gasteiger partial charge in [-0.15, -0.1) is 0 Å². The number of hydrogen-bond acceptors (Lipinski definition) is 3. The Morgan fingerprint density at radius 3 is 2.39 bits per heavy atom. The van der Waals surface area contributed by atoms with Crippen LogP contribution in [0.15, 0.2) is 24.3 Å². The molecule has 23 heavy (non-hydrogen) atoms. The summed E-state index contributed by atoms with van der Waals surface area (Å²) in [6.07, 6.45) is -1.12. The summed E-state index contributed by atoms with van der Waals surface area (Å²) in [5.41, 5.74) is 6.07. The monoisotopic (exact) mass is 330 g/mol. The Hall–Kier alpha value is -1.76. The lowest BCUT2D eigenvalue weighted by atomic mass is 9.97. The number of carbonyl (C=O) groups excluding carboxylic acids is 1. The molecule has 0 aromatic heterocycles. The summed E-state index contributed by atoms with van der Waals surface area (Å²) in [6.45, 7) is 0.482. The molecule has 1 aliphatic carbocycles. The molecular formula is C16H21F3N2O2. The predicted molar refractivity (Wildman–Crippen MR) is 79.9 cm³/mol. The molecule has 0 spiro atoms. The van der Waals surface area contributed by atoms with Gasteiger partial charge in [0.15, 0.2) is 6.61 Å². The van der Waals surface area contributed by atoms with Crippen molar-refractivity contribution in [2.45, 2.75) is 50.4 Å². The zero-order chi connectivity index (χ0) is 17.1. The number of carbonyl (C=O) groups is 1. The maximum Gasteiger partial charge on any atom is 0.422 e. The Bertz CT molecular complexity index is 537. The van der Waals surface area contributed by atoms with E-state index in [1.165, 1.54) is 12.1 Å². The second-order valence-corrected chi connectivity index (χ2v) is 6.03. The maximum absolute atomic E-state index is 12.2. The third-order valence-electron chi connectivity index (χ3n) is 4.08. The van der Waals surface area contributed by atoms with Crippen LogP contribution in [0.3, 0.4) is 0 Å². The maximum atomic E-state index is 12.2. The second-order valence-electron chi connectivity index (χ2n) is 6.03. The summed E-state index contributed by atoms with van der Waals surface area (Å²) in [4.78, 5) is 12.2. The fraction of sp³-hybridized carbons (Fsp3) is 0.562. The number of ether oxygens (including phenoxy) is 1. The number of nitrogens with two attached hydrogens (primary N) is 1. The summed E-state index contributed by atoms with van der Waals surface area (Å²) in [6, 6.07) is 5.90. The van der Waals surface area contributed by atoms with Gasteiger partial charge < -0.3 is 15.8 Å². The quantitative estimate of drug-likeness (QED) is 0.872. The molecule has 7 heteroatoms. The first-order valence-electron chi connectivity index (χ1n) is 7.59. The van der Waals surface area contributed by atoms with Crippen molar-refractivity contribution < 1.29 is 22.7 Å². The van der Waals surface area contributed by atoms with Gasteiger partial charge >= 0.3 is 6.18 Å². The molecule has 0 saturated heterocycles. The molecule has 1 aliphatic rings. The number of rotatable bonds is 5. The lowest BCUT2D eigenvalue weighted by Crippen LogP contribution is -2.52. The van der Waals surface area contributed by atoms with E-state index in [1.54, 1.807) is 12.1 Å². The summed E-state index contributed by atoms with van der Waals surface area (Å²) in [5, 5.41) is 2.87. The molecule has 1 saturated carbocycles. The van der Waals surface area contributed by atoms with E-state index < -0.39 is 18.3 Å². The van der Waals surface area contributed by atoms with Crippen molar-refractivity contribution >= 4 is 5.91 Å². The van der Waals surface area contributed by atoms with Crippen LogP contribution in [0.25, 0.3) is 0 Å². The molecule has 0 aliphatic heterocycles. The van der Waals surface area contributed by atoms with Gasteiger partial charge in [0, 0.05) is 0 Å². The minimum Gasteiger partial charge on any atom is -0.484 e. The van der Waals surface area contributed by atoms with Crippen LogP contribution in [0.4, 0.5) is 13.2 Å². The van der Waals surface area contributed by atoms with Crippen LogP contribution in [0.1, 0.15) is 44.2 Å². The van der Waals surface area contributed by atoms with Gasteiger partial charge in [0.25, 0.3) is 0 Å². The van der Waals surface area contributed by atoms with Crippen LogP contribution in [0, 0.1) is 0 Å². The third kappa shape index (κ3) is 4.86. The fourth-order valence-corrected chi connectivity index (χ4v) is 2.67. The predicted octanol–water partition coefficient (Wildman–Crippen LogP) is 3.08. The minimum atomic E-state index is -4.36. The summed E-state index contributed by atoms with van der Waals surface area (Å²) in [7, 11) is 0. The van der Waals surface area contributed by atoms with Gasteiger partial charge in [0.2, 0.25) is 5.91 Å². The molecule has 1 aromatic rings. The first-order chi connectivity index (χ1) is 10.7. The first kappa shape index (κ1) is 17.6. The highest BCUT2D eigenvalue weighted by molar-refractivity contribution is 5.86. The normalized spacial score (nSPS) is 18.5. The van der Waals surface area contributed by atoms with E-state index in [9.17, 15) is 18.0 Å². The molecule has 1 amide bonds. The number of hydrogen-bond donors (Lipinski definition) is 2. The number of nitrogens with one attached hydrogen (secondary N) is 1. The van der Waals surface area contributed by atoms with Crippen LogP contribution < -0.4 is 15.8 Å². The molecule has 2 rings (SSSR count). The average molecular weight is 330 g/mol. The molecule has 0 heterocycles. The van der Waals surface area contributed by atoms with Gasteiger partial charge in [-0.1, -0.05) is 25.0 Å². The first-order valence-corrected chi connectivity index (χ1v) is 7.59. The highest BCUT2D eigenvalue weighted by atomic mass is 19.4. The number of benzene rings is 1. The van der Waals surface area contributed by atoms with Crippen LogP contribution in [0.5, 0.6) is 5.75 Å². The smallest absolute Gasteiger partial charge is 0.422 e. The van der Waals surface area contributed by atoms with Crippen molar-refractivity contribution in [2.24, 2.45) is 5.73 Å². The molecule has 128 valence electrons. The van der Waals surface area contributed by atoms with Crippen molar-refractivity contribution in [2.75, 3.05) is 6.61 Å². The van der Waals surface area contributed by atoms with Crippen molar-refractivity contribution in [3.8, 4) is 5.75 Å². The van der Waals surface area contributed by atoms with Gasteiger partial charge in [0.05, 0.1) is 11.6 Å². The topological polar surface area (TPSA) is 64.4 Å². The van der Waals surface area contributed by atoms with E-state index in [1.807, 2.05) is 6.92 Å².